The molecule has 4 rings (SSSR count). The van der Waals surface area contributed by atoms with Gasteiger partial charge in [-0.3, -0.25) is 4.79 Å². The molecular formula is C27H42N8O3. The van der Waals surface area contributed by atoms with Gasteiger partial charge in [-0.15, -0.1) is 0 Å². The molecule has 0 atom stereocenters. The fourth-order valence-corrected chi connectivity index (χ4v) is 4.76. The van der Waals surface area contributed by atoms with E-state index in [1.165, 1.54) is 32.1 Å². The largest absolute Gasteiger partial charge is 0.378 e. The summed E-state index contributed by atoms with van der Waals surface area (Å²) in [5, 5.41) is 9.62. The summed E-state index contributed by atoms with van der Waals surface area (Å²) in [6.07, 6.45) is 8.79. The molecule has 38 heavy (non-hydrogen) atoms. The van der Waals surface area contributed by atoms with Crippen LogP contribution in [-0.4, -0.2) is 80.0 Å². The lowest BCUT2D eigenvalue weighted by Gasteiger charge is -2.22. The van der Waals surface area contributed by atoms with Crippen LogP contribution >= 0.6 is 0 Å². The van der Waals surface area contributed by atoms with Crippen LogP contribution in [0.2, 0.25) is 0 Å². The maximum absolute atomic E-state index is 12.5. The highest BCUT2D eigenvalue weighted by Crippen LogP contribution is 2.25. The van der Waals surface area contributed by atoms with Gasteiger partial charge in [0.2, 0.25) is 17.8 Å². The molecule has 1 aromatic heterocycles. The molecule has 2 aromatic rings. The fourth-order valence-electron chi connectivity index (χ4n) is 4.76. The Balaban J connectivity index is 1.30. The molecule has 1 aromatic carbocycles. The molecule has 208 valence electrons. The summed E-state index contributed by atoms with van der Waals surface area (Å²) in [7, 11) is 0. The van der Waals surface area contributed by atoms with Crippen LogP contribution in [0.4, 0.5) is 23.5 Å². The number of nitrogens with two attached hydrogens (primary N) is 1. The Morgan fingerprint density at radius 1 is 0.895 bits per heavy atom. The zero-order chi connectivity index (χ0) is 26.4. The second kappa shape index (κ2) is 15.4. The quantitative estimate of drug-likeness (QED) is 0.256. The van der Waals surface area contributed by atoms with Crippen molar-refractivity contribution in [1.29, 1.82) is 0 Å². The van der Waals surface area contributed by atoms with Gasteiger partial charge < -0.3 is 36.1 Å². The standard InChI is InChI=1S/C27H42N8O3/c28-12-16-37-18-19-38-17-13-29-24(36)22-8-10-23(11-9-22)31-26-32-25(30-20-21-6-2-1-3-7-21)33-27(34-26)35-14-4-5-15-35/h8-11,21H,1-7,12-20,28H2,(H,29,36)(H2,30,31,32,33,34). The van der Waals surface area contributed by atoms with Crippen LogP contribution in [0.25, 0.3) is 0 Å². The van der Waals surface area contributed by atoms with Gasteiger partial charge in [-0.05, 0) is 55.9 Å². The van der Waals surface area contributed by atoms with Crippen molar-refractivity contribution < 1.29 is 14.3 Å². The molecular weight excluding hydrogens is 484 g/mol. The summed E-state index contributed by atoms with van der Waals surface area (Å²) in [5.74, 6) is 2.34. The van der Waals surface area contributed by atoms with Gasteiger partial charge in [0.05, 0.1) is 26.4 Å². The van der Waals surface area contributed by atoms with E-state index in [0.717, 1.165) is 38.2 Å². The first kappa shape index (κ1) is 28.0. The van der Waals surface area contributed by atoms with Crippen LogP contribution in [0.15, 0.2) is 24.3 Å². The molecule has 0 unspecified atom stereocenters. The molecule has 1 amide bonds. The van der Waals surface area contributed by atoms with Gasteiger partial charge in [0.15, 0.2) is 0 Å². The molecule has 1 aliphatic heterocycles. The van der Waals surface area contributed by atoms with E-state index in [9.17, 15) is 4.79 Å². The molecule has 0 bridgehead atoms. The normalized spacial score (nSPS) is 16.0. The fraction of sp³-hybridized carbons (Fsp3) is 0.630. The SMILES string of the molecule is NCCOCCOCCNC(=O)c1ccc(Nc2nc(NCC3CCCCC3)nc(N3CCCC3)n2)cc1. The Hall–Kier alpha value is -3.02. The van der Waals surface area contributed by atoms with E-state index in [1.54, 1.807) is 12.1 Å². The number of nitrogens with zero attached hydrogens (tertiary/aromatic N) is 4. The van der Waals surface area contributed by atoms with Crippen LogP contribution in [0.5, 0.6) is 0 Å². The molecule has 1 saturated heterocycles. The maximum Gasteiger partial charge on any atom is 0.251 e. The molecule has 2 heterocycles. The number of rotatable bonds is 15. The Kier molecular flexibility index (Phi) is 11.4. The van der Waals surface area contributed by atoms with E-state index in [4.69, 9.17) is 20.2 Å². The zero-order valence-corrected chi connectivity index (χ0v) is 22.3. The van der Waals surface area contributed by atoms with Gasteiger partial charge in [0.1, 0.15) is 0 Å². The van der Waals surface area contributed by atoms with Crippen LogP contribution in [0.3, 0.4) is 0 Å². The van der Waals surface area contributed by atoms with Crippen molar-refractivity contribution in [2.24, 2.45) is 11.7 Å². The van der Waals surface area contributed by atoms with Crippen LogP contribution in [0.1, 0.15) is 55.3 Å². The number of carbonyl (C=O) groups excluding carboxylic acids is 1. The van der Waals surface area contributed by atoms with Crippen molar-refractivity contribution in [3.05, 3.63) is 29.8 Å². The minimum absolute atomic E-state index is 0.148. The number of ether oxygens (including phenoxy) is 2. The Morgan fingerprint density at radius 2 is 1.61 bits per heavy atom. The predicted octanol–water partition coefficient (Wildman–Crippen LogP) is 2.93. The highest BCUT2D eigenvalue weighted by molar-refractivity contribution is 5.94. The van der Waals surface area contributed by atoms with Crippen molar-refractivity contribution in [2.75, 3.05) is 74.7 Å². The number of hydrogen-bond acceptors (Lipinski definition) is 10. The maximum atomic E-state index is 12.5. The second-order valence-corrected chi connectivity index (χ2v) is 9.83. The van der Waals surface area contributed by atoms with E-state index in [1.807, 2.05) is 12.1 Å². The minimum Gasteiger partial charge on any atom is -0.378 e. The zero-order valence-electron chi connectivity index (χ0n) is 22.3. The molecule has 11 heteroatoms. The molecule has 2 fully saturated rings. The Morgan fingerprint density at radius 3 is 2.34 bits per heavy atom. The van der Waals surface area contributed by atoms with Crippen LogP contribution in [0, 0.1) is 5.92 Å². The lowest BCUT2D eigenvalue weighted by molar-refractivity contribution is 0.0511. The first-order valence-corrected chi connectivity index (χ1v) is 14.0. The third-order valence-electron chi connectivity index (χ3n) is 6.86. The first-order valence-electron chi connectivity index (χ1n) is 14.0. The van der Waals surface area contributed by atoms with Gasteiger partial charge in [-0.1, -0.05) is 19.3 Å². The molecule has 0 radical (unpaired) electrons. The summed E-state index contributed by atoms with van der Waals surface area (Å²) in [4.78, 5) is 28.7. The highest BCUT2D eigenvalue weighted by atomic mass is 16.5. The second-order valence-electron chi connectivity index (χ2n) is 9.83. The van der Waals surface area contributed by atoms with Gasteiger partial charge in [-0.2, -0.15) is 15.0 Å². The van der Waals surface area contributed by atoms with E-state index in [2.05, 4.69) is 30.8 Å². The van der Waals surface area contributed by atoms with Crippen LogP contribution in [-0.2, 0) is 9.47 Å². The van der Waals surface area contributed by atoms with E-state index >= 15 is 0 Å². The number of anilines is 4. The summed E-state index contributed by atoms with van der Waals surface area (Å²) in [6, 6.07) is 7.28. The molecule has 11 nitrogen and oxygen atoms in total. The van der Waals surface area contributed by atoms with E-state index < -0.39 is 0 Å². The minimum atomic E-state index is -0.148. The number of hydrogen-bond donors (Lipinski definition) is 4. The number of aromatic nitrogens is 3. The lowest BCUT2D eigenvalue weighted by atomic mass is 9.89. The van der Waals surface area contributed by atoms with E-state index in [-0.39, 0.29) is 5.91 Å². The Bertz CT molecular complexity index is 979. The number of benzene rings is 1. The van der Waals surface area contributed by atoms with Gasteiger partial charge in [-0.25, -0.2) is 0 Å². The van der Waals surface area contributed by atoms with Crippen molar-refractivity contribution in [3.8, 4) is 0 Å². The Labute approximate surface area is 225 Å². The smallest absolute Gasteiger partial charge is 0.251 e. The van der Waals surface area contributed by atoms with Crippen molar-refractivity contribution in [1.82, 2.24) is 20.3 Å². The predicted molar refractivity (Wildman–Crippen MR) is 149 cm³/mol. The molecule has 0 spiro atoms. The lowest BCUT2D eigenvalue weighted by Crippen LogP contribution is -2.27. The average molecular weight is 527 g/mol. The third-order valence-corrected chi connectivity index (χ3v) is 6.86. The van der Waals surface area contributed by atoms with Crippen molar-refractivity contribution in [3.63, 3.8) is 0 Å². The summed E-state index contributed by atoms with van der Waals surface area (Å²) >= 11 is 0. The molecule has 5 N–H and O–H groups in total. The van der Waals surface area contributed by atoms with E-state index in [0.29, 0.717) is 68.8 Å². The van der Waals surface area contributed by atoms with Crippen molar-refractivity contribution >= 4 is 29.4 Å². The molecule has 1 aliphatic carbocycles. The molecule has 2 aliphatic rings. The average Bonchev–Trinajstić information content (AvgIpc) is 3.50. The van der Waals surface area contributed by atoms with Gasteiger partial charge in [0.25, 0.3) is 5.91 Å². The summed E-state index contributed by atoms with van der Waals surface area (Å²) in [6.45, 7) is 5.66. The number of amides is 1. The third kappa shape index (κ3) is 9.07. The summed E-state index contributed by atoms with van der Waals surface area (Å²) in [5.41, 5.74) is 6.75. The van der Waals surface area contributed by atoms with Gasteiger partial charge >= 0.3 is 0 Å². The van der Waals surface area contributed by atoms with Crippen molar-refractivity contribution in [2.45, 2.75) is 44.9 Å². The highest BCUT2D eigenvalue weighted by Gasteiger charge is 2.19. The first-order chi connectivity index (χ1) is 18.7. The monoisotopic (exact) mass is 526 g/mol. The van der Waals surface area contributed by atoms with Gasteiger partial charge in [0, 0.05) is 44.0 Å². The topological polar surface area (TPSA) is 140 Å². The number of carbonyl (C=O) groups is 1. The molecule has 1 saturated carbocycles. The summed E-state index contributed by atoms with van der Waals surface area (Å²) < 4.78 is 10.7. The number of nitrogens with one attached hydrogen (secondary N) is 3. The van der Waals surface area contributed by atoms with Crippen LogP contribution < -0.4 is 26.6 Å².